The van der Waals surface area contributed by atoms with Crippen LogP contribution in [0.25, 0.3) is 0 Å². The Hall–Kier alpha value is -2.08. The number of allylic oxidation sites excluding steroid dienone is 3. The second-order valence-electron chi connectivity index (χ2n) is 6.26. The normalized spacial score (nSPS) is 12.5. The Morgan fingerprint density at radius 1 is 1.28 bits per heavy atom. The highest BCUT2D eigenvalue weighted by Crippen LogP contribution is 2.12. The third-order valence-electron chi connectivity index (χ3n) is 4.10. The zero-order valence-corrected chi connectivity index (χ0v) is 15.8. The topological polar surface area (TPSA) is 76.3 Å². The summed E-state index contributed by atoms with van der Waals surface area (Å²) >= 11 is 0. The summed E-state index contributed by atoms with van der Waals surface area (Å²) in [5.41, 5.74) is 1.09. The molecule has 0 saturated heterocycles. The minimum Gasteiger partial charge on any atom is -0.394 e. The van der Waals surface area contributed by atoms with Crippen molar-refractivity contribution in [3.63, 3.8) is 0 Å². The molecule has 0 aromatic carbocycles. The van der Waals surface area contributed by atoms with Crippen molar-refractivity contribution in [2.24, 2.45) is 0 Å². The highest BCUT2D eigenvalue weighted by molar-refractivity contribution is 5.47. The number of hydrogen-bond acceptors (Lipinski definition) is 4. The van der Waals surface area contributed by atoms with E-state index in [4.69, 9.17) is 0 Å². The van der Waals surface area contributed by atoms with Crippen LogP contribution < -0.4 is 16.6 Å². The maximum atomic E-state index is 12.8. The first kappa shape index (κ1) is 21.0. The number of anilines is 1. The van der Waals surface area contributed by atoms with E-state index >= 15 is 0 Å². The zero-order chi connectivity index (χ0) is 19.0. The third kappa shape index (κ3) is 5.19. The van der Waals surface area contributed by atoms with E-state index in [-0.39, 0.29) is 23.9 Å². The third-order valence-corrected chi connectivity index (χ3v) is 4.10. The standard InChI is InChI=1S/C19H31N3O3/c1-6-9-14(4)12-22-15(5)17(20-16(13-23)10-7-2)18(24)21(11-8-3)19(22)25/h6,9,16,20,23H,4,7-8,10-13H2,1-3,5H3/b9-6-. The van der Waals surface area contributed by atoms with Gasteiger partial charge in [0, 0.05) is 18.3 Å². The van der Waals surface area contributed by atoms with Gasteiger partial charge in [0.2, 0.25) is 0 Å². The van der Waals surface area contributed by atoms with Gasteiger partial charge in [0.15, 0.2) is 0 Å². The van der Waals surface area contributed by atoms with Crippen LogP contribution in [0.4, 0.5) is 5.69 Å². The number of aliphatic hydroxyl groups excluding tert-OH is 1. The molecule has 6 heteroatoms. The second kappa shape index (κ2) is 10.0. The summed E-state index contributed by atoms with van der Waals surface area (Å²) in [6.07, 6.45) is 6.03. The van der Waals surface area contributed by atoms with E-state index in [1.807, 2.05) is 32.9 Å². The second-order valence-corrected chi connectivity index (χ2v) is 6.26. The Kier molecular flexibility index (Phi) is 8.41. The van der Waals surface area contributed by atoms with Gasteiger partial charge in [-0.25, -0.2) is 4.79 Å². The molecule has 0 aliphatic heterocycles. The molecule has 0 radical (unpaired) electrons. The predicted octanol–water partition coefficient (Wildman–Crippen LogP) is 2.43. The number of nitrogens with one attached hydrogen (secondary N) is 1. The van der Waals surface area contributed by atoms with Gasteiger partial charge in [-0.3, -0.25) is 13.9 Å². The number of aliphatic hydroxyl groups is 1. The molecule has 0 spiro atoms. The van der Waals surface area contributed by atoms with E-state index in [0.29, 0.717) is 30.9 Å². The fourth-order valence-electron chi connectivity index (χ4n) is 2.83. The maximum Gasteiger partial charge on any atom is 0.331 e. The van der Waals surface area contributed by atoms with Crippen molar-refractivity contribution in [3.05, 3.63) is 50.8 Å². The predicted molar refractivity (Wildman–Crippen MR) is 103 cm³/mol. The van der Waals surface area contributed by atoms with Gasteiger partial charge in [-0.05, 0) is 32.3 Å². The summed E-state index contributed by atoms with van der Waals surface area (Å²) in [5.74, 6) is 0. The summed E-state index contributed by atoms with van der Waals surface area (Å²) in [5, 5.41) is 12.7. The first-order valence-electron chi connectivity index (χ1n) is 8.93. The molecule has 1 heterocycles. The smallest absolute Gasteiger partial charge is 0.331 e. The van der Waals surface area contributed by atoms with Crippen LogP contribution >= 0.6 is 0 Å². The molecule has 0 aliphatic carbocycles. The Morgan fingerprint density at radius 2 is 1.96 bits per heavy atom. The molecular weight excluding hydrogens is 318 g/mol. The van der Waals surface area contributed by atoms with E-state index in [2.05, 4.69) is 11.9 Å². The molecule has 1 rings (SSSR count). The lowest BCUT2D eigenvalue weighted by Crippen LogP contribution is -2.43. The van der Waals surface area contributed by atoms with Gasteiger partial charge in [-0.1, -0.05) is 39.0 Å². The molecule has 6 nitrogen and oxygen atoms in total. The molecule has 0 amide bonds. The summed E-state index contributed by atoms with van der Waals surface area (Å²) < 4.78 is 2.83. The van der Waals surface area contributed by atoms with E-state index in [0.717, 1.165) is 18.4 Å². The van der Waals surface area contributed by atoms with Crippen LogP contribution in [0.5, 0.6) is 0 Å². The Morgan fingerprint density at radius 3 is 2.48 bits per heavy atom. The van der Waals surface area contributed by atoms with Gasteiger partial charge in [0.25, 0.3) is 5.56 Å². The van der Waals surface area contributed by atoms with Gasteiger partial charge < -0.3 is 10.4 Å². The quantitative estimate of drug-likeness (QED) is 0.636. The molecule has 140 valence electrons. The molecule has 1 atom stereocenters. The summed E-state index contributed by atoms with van der Waals surface area (Å²) in [6, 6.07) is -0.212. The summed E-state index contributed by atoms with van der Waals surface area (Å²) in [6.45, 7) is 12.2. The SMILES string of the molecule is C=C(/C=C\C)Cn1c(C)c(NC(CO)CCC)c(=O)n(CCC)c1=O. The minimum atomic E-state index is -0.327. The van der Waals surface area contributed by atoms with Gasteiger partial charge in [0.05, 0.1) is 13.2 Å². The molecule has 25 heavy (non-hydrogen) atoms. The molecule has 1 unspecified atom stereocenters. The summed E-state index contributed by atoms with van der Waals surface area (Å²) in [4.78, 5) is 25.5. The number of hydrogen-bond donors (Lipinski definition) is 2. The molecular formula is C19H31N3O3. The van der Waals surface area contributed by atoms with Gasteiger partial charge in [-0.15, -0.1) is 0 Å². The maximum absolute atomic E-state index is 12.8. The van der Waals surface area contributed by atoms with Gasteiger partial charge in [-0.2, -0.15) is 0 Å². The fraction of sp³-hybridized carbons (Fsp3) is 0.579. The fourth-order valence-corrected chi connectivity index (χ4v) is 2.83. The molecule has 0 fully saturated rings. The van der Waals surface area contributed by atoms with Crippen molar-refractivity contribution in [3.8, 4) is 0 Å². The van der Waals surface area contributed by atoms with Crippen molar-refractivity contribution in [2.75, 3.05) is 11.9 Å². The average molecular weight is 349 g/mol. The first-order valence-corrected chi connectivity index (χ1v) is 8.93. The number of nitrogens with zero attached hydrogens (tertiary/aromatic N) is 2. The Bertz CT molecular complexity index is 729. The highest BCUT2D eigenvalue weighted by Gasteiger charge is 2.18. The van der Waals surface area contributed by atoms with Crippen molar-refractivity contribution in [2.45, 2.75) is 66.1 Å². The van der Waals surface area contributed by atoms with Crippen LogP contribution in [0.1, 0.15) is 45.7 Å². The lowest BCUT2D eigenvalue weighted by Gasteiger charge is -2.22. The van der Waals surface area contributed by atoms with Crippen LogP contribution in [0.2, 0.25) is 0 Å². The Labute approximate surface area is 149 Å². The van der Waals surface area contributed by atoms with Crippen molar-refractivity contribution in [1.82, 2.24) is 9.13 Å². The van der Waals surface area contributed by atoms with Crippen LogP contribution in [-0.2, 0) is 13.1 Å². The van der Waals surface area contributed by atoms with E-state index in [9.17, 15) is 14.7 Å². The first-order chi connectivity index (χ1) is 11.9. The minimum absolute atomic E-state index is 0.0646. The van der Waals surface area contributed by atoms with Crippen LogP contribution in [0.3, 0.4) is 0 Å². The monoisotopic (exact) mass is 349 g/mol. The lowest BCUT2D eigenvalue weighted by atomic mass is 10.1. The number of aromatic nitrogens is 2. The molecule has 0 aliphatic rings. The summed E-state index contributed by atoms with van der Waals surface area (Å²) in [7, 11) is 0. The largest absolute Gasteiger partial charge is 0.394 e. The van der Waals surface area contributed by atoms with Crippen LogP contribution in [-0.4, -0.2) is 26.9 Å². The van der Waals surface area contributed by atoms with Crippen LogP contribution in [0, 0.1) is 6.92 Å². The molecule has 1 aromatic rings. The zero-order valence-electron chi connectivity index (χ0n) is 15.8. The molecule has 0 saturated carbocycles. The lowest BCUT2D eigenvalue weighted by molar-refractivity contribution is 0.268. The van der Waals surface area contributed by atoms with Crippen molar-refractivity contribution >= 4 is 5.69 Å². The van der Waals surface area contributed by atoms with Gasteiger partial charge >= 0.3 is 5.69 Å². The Balaban J connectivity index is 3.49. The van der Waals surface area contributed by atoms with E-state index in [1.165, 1.54) is 4.57 Å². The van der Waals surface area contributed by atoms with E-state index in [1.54, 1.807) is 11.5 Å². The van der Waals surface area contributed by atoms with E-state index < -0.39 is 0 Å². The van der Waals surface area contributed by atoms with Gasteiger partial charge in [0.1, 0.15) is 5.69 Å². The molecule has 1 aromatic heterocycles. The molecule has 0 bridgehead atoms. The van der Waals surface area contributed by atoms with Crippen molar-refractivity contribution < 1.29 is 5.11 Å². The van der Waals surface area contributed by atoms with Crippen LogP contribution in [0.15, 0.2) is 33.9 Å². The average Bonchev–Trinajstić information content (AvgIpc) is 2.58. The highest BCUT2D eigenvalue weighted by atomic mass is 16.3. The number of rotatable bonds is 10. The molecule has 2 N–H and O–H groups in total. The van der Waals surface area contributed by atoms with Crippen molar-refractivity contribution in [1.29, 1.82) is 0 Å².